The summed E-state index contributed by atoms with van der Waals surface area (Å²) in [6.07, 6.45) is 7.79. The highest BCUT2D eigenvalue weighted by Crippen LogP contribution is 2.27. The van der Waals surface area contributed by atoms with Crippen molar-refractivity contribution in [3.05, 3.63) is 17.6 Å². The summed E-state index contributed by atoms with van der Waals surface area (Å²) in [6, 6.07) is 0.0539. The van der Waals surface area contributed by atoms with Crippen LogP contribution < -0.4 is 10.6 Å². The topological polar surface area (TPSA) is 64.3 Å². The fourth-order valence-electron chi connectivity index (χ4n) is 3.14. The number of nitrogens with two attached hydrogens (primary N) is 1. The lowest BCUT2D eigenvalue weighted by Crippen LogP contribution is -2.50. The van der Waals surface area contributed by atoms with Gasteiger partial charge in [0.2, 0.25) is 0 Å². The van der Waals surface area contributed by atoms with Crippen molar-refractivity contribution < 1.29 is 4.74 Å². The van der Waals surface area contributed by atoms with Crippen LogP contribution in [0.1, 0.15) is 37.4 Å². The zero-order chi connectivity index (χ0) is 13.9. The van der Waals surface area contributed by atoms with E-state index in [-0.39, 0.29) is 12.1 Å². The van der Waals surface area contributed by atoms with Crippen LogP contribution in [-0.2, 0) is 17.6 Å². The molecule has 20 heavy (non-hydrogen) atoms. The van der Waals surface area contributed by atoms with Gasteiger partial charge in [-0.05, 0) is 32.6 Å². The van der Waals surface area contributed by atoms with Gasteiger partial charge in [0.05, 0.1) is 12.7 Å². The molecule has 5 nitrogen and oxygen atoms in total. The second kappa shape index (κ2) is 6.06. The Hall–Kier alpha value is -1.20. The van der Waals surface area contributed by atoms with Gasteiger partial charge in [-0.2, -0.15) is 0 Å². The lowest BCUT2D eigenvalue weighted by molar-refractivity contribution is 0.0273. The van der Waals surface area contributed by atoms with Crippen molar-refractivity contribution in [2.24, 2.45) is 5.73 Å². The van der Waals surface area contributed by atoms with Gasteiger partial charge >= 0.3 is 0 Å². The van der Waals surface area contributed by atoms with Gasteiger partial charge in [0.1, 0.15) is 12.1 Å². The number of hydrogen-bond donors (Lipinski definition) is 1. The molecule has 0 spiro atoms. The predicted octanol–water partition coefficient (Wildman–Crippen LogP) is 1.30. The van der Waals surface area contributed by atoms with Gasteiger partial charge in [0.25, 0.3) is 0 Å². The average Bonchev–Trinajstić information content (AvgIpc) is 2.72. The van der Waals surface area contributed by atoms with Crippen molar-refractivity contribution in [1.82, 2.24) is 9.97 Å². The molecule has 1 aromatic heterocycles. The van der Waals surface area contributed by atoms with E-state index in [1.54, 1.807) is 6.33 Å². The Kier molecular flexibility index (Phi) is 4.17. The maximum absolute atomic E-state index is 5.99. The van der Waals surface area contributed by atoms with E-state index in [0.29, 0.717) is 0 Å². The van der Waals surface area contributed by atoms with E-state index in [2.05, 4.69) is 14.9 Å². The normalized spacial score (nSPS) is 24.9. The molecule has 1 aliphatic carbocycles. The first kappa shape index (κ1) is 13.8. The molecule has 1 aromatic rings. The van der Waals surface area contributed by atoms with E-state index in [1.807, 2.05) is 6.92 Å². The van der Waals surface area contributed by atoms with Crippen molar-refractivity contribution >= 4 is 5.82 Å². The molecule has 2 heterocycles. The van der Waals surface area contributed by atoms with Crippen molar-refractivity contribution in [2.45, 2.75) is 51.2 Å². The van der Waals surface area contributed by atoms with Gasteiger partial charge in [-0.15, -0.1) is 0 Å². The number of aromatic nitrogens is 2. The van der Waals surface area contributed by atoms with Crippen molar-refractivity contribution in [1.29, 1.82) is 0 Å². The predicted molar refractivity (Wildman–Crippen MR) is 78.9 cm³/mol. The lowest BCUT2D eigenvalue weighted by Gasteiger charge is -2.36. The Balaban J connectivity index is 1.86. The van der Waals surface area contributed by atoms with Crippen LogP contribution in [0, 0.1) is 0 Å². The Bertz CT molecular complexity index is 463. The number of fused-ring (bicyclic) bond motifs is 1. The minimum absolute atomic E-state index is 0.0539. The Labute approximate surface area is 120 Å². The van der Waals surface area contributed by atoms with E-state index < -0.39 is 0 Å². The molecular formula is C15H24N4O. The summed E-state index contributed by atoms with van der Waals surface area (Å²) in [7, 11) is 0. The summed E-state index contributed by atoms with van der Waals surface area (Å²) >= 11 is 0. The molecule has 1 aliphatic heterocycles. The Morgan fingerprint density at radius 3 is 3.00 bits per heavy atom. The number of aryl methyl sites for hydroxylation is 1. The van der Waals surface area contributed by atoms with Gasteiger partial charge in [0, 0.05) is 30.4 Å². The molecule has 2 N–H and O–H groups in total. The zero-order valence-corrected chi connectivity index (χ0v) is 12.2. The molecule has 1 fully saturated rings. The summed E-state index contributed by atoms with van der Waals surface area (Å²) in [4.78, 5) is 11.4. The minimum atomic E-state index is 0.0539. The van der Waals surface area contributed by atoms with Gasteiger partial charge in [-0.1, -0.05) is 6.42 Å². The second-order valence-corrected chi connectivity index (χ2v) is 5.90. The molecule has 0 bridgehead atoms. The molecule has 5 heteroatoms. The Morgan fingerprint density at radius 2 is 2.15 bits per heavy atom. The van der Waals surface area contributed by atoms with Crippen LogP contribution in [0.25, 0.3) is 0 Å². The smallest absolute Gasteiger partial charge is 0.135 e. The third kappa shape index (κ3) is 2.79. The third-order valence-electron chi connectivity index (χ3n) is 4.33. The maximum Gasteiger partial charge on any atom is 0.135 e. The first-order chi connectivity index (χ1) is 9.75. The Morgan fingerprint density at radius 1 is 1.30 bits per heavy atom. The summed E-state index contributed by atoms with van der Waals surface area (Å²) in [5, 5.41) is 0. The highest BCUT2D eigenvalue weighted by molar-refractivity contribution is 5.49. The van der Waals surface area contributed by atoms with E-state index in [1.165, 1.54) is 30.5 Å². The standard InChI is InChI=1S/C15H24N4O/c1-11(16)14-9-19(7-8-20-14)15-12-5-3-2-4-6-13(12)17-10-18-15/h10-11,14H,2-9,16H2,1H3. The van der Waals surface area contributed by atoms with Crippen molar-refractivity contribution in [2.75, 3.05) is 24.6 Å². The highest BCUT2D eigenvalue weighted by Gasteiger charge is 2.27. The molecule has 2 aliphatic rings. The summed E-state index contributed by atoms with van der Waals surface area (Å²) < 4.78 is 5.75. The SMILES string of the molecule is CC(N)C1CN(c2ncnc3c2CCCCC3)CCO1. The van der Waals surface area contributed by atoms with E-state index in [4.69, 9.17) is 10.5 Å². The van der Waals surface area contributed by atoms with Crippen LogP contribution in [0.5, 0.6) is 0 Å². The number of ether oxygens (including phenoxy) is 1. The number of anilines is 1. The fourth-order valence-corrected chi connectivity index (χ4v) is 3.14. The first-order valence-corrected chi connectivity index (χ1v) is 7.70. The summed E-state index contributed by atoms with van der Waals surface area (Å²) in [6.45, 7) is 4.47. The van der Waals surface area contributed by atoms with Crippen molar-refractivity contribution in [3.63, 3.8) is 0 Å². The average molecular weight is 276 g/mol. The van der Waals surface area contributed by atoms with Gasteiger partial charge in [-0.25, -0.2) is 9.97 Å². The van der Waals surface area contributed by atoms with Gasteiger partial charge in [0.15, 0.2) is 0 Å². The molecule has 0 amide bonds. The van der Waals surface area contributed by atoms with E-state index >= 15 is 0 Å². The number of morpholine rings is 1. The van der Waals surface area contributed by atoms with Crippen LogP contribution in [-0.4, -0.2) is 41.8 Å². The quantitative estimate of drug-likeness (QED) is 0.825. The van der Waals surface area contributed by atoms with E-state index in [0.717, 1.165) is 38.4 Å². The largest absolute Gasteiger partial charge is 0.373 e. The summed E-state index contributed by atoms with van der Waals surface area (Å²) in [5.41, 5.74) is 8.59. The van der Waals surface area contributed by atoms with Crippen LogP contribution in [0.3, 0.4) is 0 Å². The molecular weight excluding hydrogens is 252 g/mol. The summed E-state index contributed by atoms with van der Waals surface area (Å²) in [5.74, 6) is 1.12. The highest BCUT2D eigenvalue weighted by atomic mass is 16.5. The van der Waals surface area contributed by atoms with Crippen LogP contribution in [0.15, 0.2) is 6.33 Å². The molecule has 2 atom stereocenters. The number of nitrogens with zero attached hydrogens (tertiary/aromatic N) is 3. The van der Waals surface area contributed by atoms with E-state index in [9.17, 15) is 0 Å². The second-order valence-electron chi connectivity index (χ2n) is 5.90. The van der Waals surface area contributed by atoms with Crippen molar-refractivity contribution in [3.8, 4) is 0 Å². The molecule has 3 rings (SSSR count). The lowest BCUT2D eigenvalue weighted by atomic mass is 10.1. The molecule has 1 saturated heterocycles. The number of rotatable bonds is 2. The molecule has 2 unspecified atom stereocenters. The number of hydrogen-bond acceptors (Lipinski definition) is 5. The molecule has 0 saturated carbocycles. The van der Waals surface area contributed by atoms with Crippen LogP contribution in [0.2, 0.25) is 0 Å². The molecule has 0 radical (unpaired) electrons. The van der Waals surface area contributed by atoms with Crippen LogP contribution in [0.4, 0.5) is 5.82 Å². The fraction of sp³-hybridized carbons (Fsp3) is 0.733. The molecule has 0 aromatic carbocycles. The van der Waals surface area contributed by atoms with Gasteiger partial charge < -0.3 is 15.4 Å². The zero-order valence-electron chi connectivity index (χ0n) is 12.2. The molecule has 110 valence electrons. The monoisotopic (exact) mass is 276 g/mol. The third-order valence-corrected chi connectivity index (χ3v) is 4.33. The maximum atomic E-state index is 5.99. The minimum Gasteiger partial charge on any atom is -0.373 e. The van der Waals surface area contributed by atoms with Gasteiger partial charge in [-0.3, -0.25) is 0 Å². The first-order valence-electron chi connectivity index (χ1n) is 7.70. The van der Waals surface area contributed by atoms with Crippen LogP contribution >= 0.6 is 0 Å².